The lowest BCUT2D eigenvalue weighted by Gasteiger charge is -2.04. The standard InChI is InChI=1S/C10H10FN3/c11-9-3-1-2-4-10(9)13-6-8-5-12-7-14-8/h1-5,7,13H,6H2,(H,12,14). The van der Waals surface area contributed by atoms with Crippen molar-refractivity contribution in [3.63, 3.8) is 0 Å². The Balaban J connectivity index is 2.02. The molecule has 0 spiro atoms. The maximum Gasteiger partial charge on any atom is 0.146 e. The van der Waals surface area contributed by atoms with Gasteiger partial charge in [0.25, 0.3) is 0 Å². The molecule has 1 heterocycles. The van der Waals surface area contributed by atoms with Crippen LogP contribution in [0.15, 0.2) is 36.8 Å². The number of nitrogens with one attached hydrogen (secondary N) is 2. The van der Waals surface area contributed by atoms with E-state index in [0.29, 0.717) is 12.2 Å². The molecule has 0 aliphatic heterocycles. The number of halogens is 1. The number of anilines is 1. The van der Waals surface area contributed by atoms with Crippen LogP contribution in [0.3, 0.4) is 0 Å². The molecule has 0 aliphatic carbocycles. The molecule has 0 saturated carbocycles. The fourth-order valence-corrected chi connectivity index (χ4v) is 1.18. The summed E-state index contributed by atoms with van der Waals surface area (Å²) >= 11 is 0. The number of para-hydroxylation sites is 1. The van der Waals surface area contributed by atoms with Gasteiger partial charge in [0, 0.05) is 6.20 Å². The van der Waals surface area contributed by atoms with Crippen LogP contribution in [0.5, 0.6) is 0 Å². The molecule has 0 atom stereocenters. The van der Waals surface area contributed by atoms with Gasteiger partial charge < -0.3 is 10.3 Å². The van der Waals surface area contributed by atoms with Gasteiger partial charge in [-0.25, -0.2) is 9.37 Å². The highest BCUT2D eigenvalue weighted by atomic mass is 19.1. The molecule has 4 heteroatoms. The van der Waals surface area contributed by atoms with Crippen LogP contribution in [-0.4, -0.2) is 9.97 Å². The summed E-state index contributed by atoms with van der Waals surface area (Å²) in [4.78, 5) is 6.80. The van der Waals surface area contributed by atoms with E-state index >= 15 is 0 Å². The molecule has 0 bridgehead atoms. The molecule has 2 N–H and O–H groups in total. The van der Waals surface area contributed by atoms with Gasteiger partial charge in [-0.15, -0.1) is 0 Å². The lowest BCUT2D eigenvalue weighted by atomic mass is 10.3. The zero-order chi connectivity index (χ0) is 9.80. The summed E-state index contributed by atoms with van der Waals surface area (Å²) in [7, 11) is 0. The third kappa shape index (κ3) is 1.90. The zero-order valence-corrected chi connectivity index (χ0v) is 7.50. The van der Waals surface area contributed by atoms with Crippen molar-refractivity contribution in [3.05, 3.63) is 48.3 Å². The highest BCUT2D eigenvalue weighted by molar-refractivity contribution is 5.44. The molecular weight excluding hydrogens is 181 g/mol. The van der Waals surface area contributed by atoms with Gasteiger partial charge in [-0.3, -0.25) is 0 Å². The van der Waals surface area contributed by atoms with Crippen LogP contribution in [0.1, 0.15) is 5.69 Å². The summed E-state index contributed by atoms with van der Waals surface area (Å²) in [6, 6.07) is 6.58. The monoisotopic (exact) mass is 191 g/mol. The Kier molecular flexibility index (Phi) is 2.44. The Morgan fingerprint density at radius 1 is 1.36 bits per heavy atom. The molecule has 0 unspecified atom stereocenters. The molecule has 1 aromatic heterocycles. The van der Waals surface area contributed by atoms with Crippen molar-refractivity contribution in [1.29, 1.82) is 0 Å². The molecule has 14 heavy (non-hydrogen) atoms. The summed E-state index contributed by atoms with van der Waals surface area (Å²) in [5.41, 5.74) is 1.43. The smallest absolute Gasteiger partial charge is 0.146 e. The van der Waals surface area contributed by atoms with Gasteiger partial charge in [-0.05, 0) is 12.1 Å². The van der Waals surface area contributed by atoms with E-state index in [2.05, 4.69) is 15.3 Å². The van der Waals surface area contributed by atoms with E-state index in [9.17, 15) is 4.39 Å². The average Bonchev–Trinajstić information content (AvgIpc) is 2.69. The van der Waals surface area contributed by atoms with Crippen molar-refractivity contribution in [2.45, 2.75) is 6.54 Å². The Morgan fingerprint density at radius 3 is 2.93 bits per heavy atom. The molecule has 1 aromatic carbocycles. The van der Waals surface area contributed by atoms with Crippen LogP contribution in [0, 0.1) is 5.82 Å². The van der Waals surface area contributed by atoms with Crippen molar-refractivity contribution < 1.29 is 4.39 Å². The first-order valence-electron chi connectivity index (χ1n) is 4.32. The minimum atomic E-state index is -0.244. The fourth-order valence-electron chi connectivity index (χ4n) is 1.18. The number of nitrogens with zero attached hydrogens (tertiary/aromatic N) is 1. The third-order valence-electron chi connectivity index (χ3n) is 1.90. The number of benzene rings is 1. The SMILES string of the molecule is Fc1ccccc1NCc1cnc[nH]1. The molecule has 2 rings (SSSR count). The summed E-state index contributed by atoms with van der Waals surface area (Å²) in [5, 5.41) is 2.97. The number of aromatic nitrogens is 2. The van der Waals surface area contributed by atoms with Crippen molar-refractivity contribution in [2.24, 2.45) is 0 Å². The quantitative estimate of drug-likeness (QED) is 0.780. The van der Waals surface area contributed by atoms with E-state index in [1.807, 2.05) is 0 Å². The van der Waals surface area contributed by atoms with Gasteiger partial charge in [0.15, 0.2) is 0 Å². The molecule has 0 aliphatic rings. The molecule has 72 valence electrons. The zero-order valence-electron chi connectivity index (χ0n) is 7.50. The summed E-state index contributed by atoms with van der Waals surface area (Å²) < 4.78 is 13.1. The highest BCUT2D eigenvalue weighted by Crippen LogP contribution is 2.12. The summed E-state index contributed by atoms with van der Waals surface area (Å²) in [5.74, 6) is -0.244. The fraction of sp³-hybridized carbons (Fsp3) is 0.100. The first-order chi connectivity index (χ1) is 6.86. The van der Waals surface area contributed by atoms with Gasteiger partial charge in [0.05, 0.1) is 24.3 Å². The van der Waals surface area contributed by atoms with Crippen LogP contribution in [0.2, 0.25) is 0 Å². The first kappa shape index (κ1) is 8.74. The van der Waals surface area contributed by atoms with Crippen LogP contribution in [0.4, 0.5) is 10.1 Å². The topological polar surface area (TPSA) is 40.7 Å². The van der Waals surface area contributed by atoms with Gasteiger partial charge >= 0.3 is 0 Å². The average molecular weight is 191 g/mol. The molecule has 0 saturated heterocycles. The number of imidazole rings is 1. The van der Waals surface area contributed by atoms with Gasteiger partial charge in [-0.2, -0.15) is 0 Å². The molecular formula is C10H10FN3. The largest absolute Gasteiger partial charge is 0.377 e. The van der Waals surface area contributed by atoms with Crippen molar-refractivity contribution in [1.82, 2.24) is 9.97 Å². The van der Waals surface area contributed by atoms with Crippen LogP contribution in [-0.2, 0) is 6.54 Å². The Morgan fingerprint density at radius 2 is 2.21 bits per heavy atom. The second-order valence-corrected chi connectivity index (χ2v) is 2.91. The van der Waals surface area contributed by atoms with Crippen LogP contribution >= 0.6 is 0 Å². The van der Waals surface area contributed by atoms with Gasteiger partial charge in [0.1, 0.15) is 5.82 Å². The maximum absolute atomic E-state index is 13.1. The number of aromatic amines is 1. The van der Waals surface area contributed by atoms with Crippen molar-refractivity contribution in [2.75, 3.05) is 5.32 Å². The Bertz CT molecular complexity index is 398. The van der Waals surface area contributed by atoms with Crippen molar-refractivity contribution >= 4 is 5.69 Å². The molecule has 0 radical (unpaired) electrons. The van der Waals surface area contributed by atoms with E-state index in [-0.39, 0.29) is 5.82 Å². The number of H-pyrrole nitrogens is 1. The molecule has 0 fully saturated rings. The normalized spacial score (nSPS) is 10.1. The van der Waals surface area contributed by atoms with Gasteiger partial charge in [-0.1, -0.05) is 12.1 Å². The van der Waals surface area contributed by atoms with Crippen molar-refractivity contribution in [3.8, 4) is 0 Å². The predicted octanol–water partition coefficient (Wildman–Crippen LogP) is 2.16. The minimum absolute atomic E-state index is 0.244. The number of hydrogen-bond donors (Lipinski definition) is 2. The second-order valence-electron chi connectivity index (χ2n) is 2.91. The minimum Gasteiger partial charge on any atom is -0.377 e. The lowest BCUT2D eigenvalue weighted by molar-refractivity contribution is 0.630. The lowest BCUT2D eigenvalue weighted by Crippen LogP contribution is -2.01. The third-order valence-corrected chi connectivity index (χ3v) is 1.90. The Hall–Kier alpha value is -1.84. The van der Waals surface area contributed by atoms with Gasteiger partial charge in [0.2, 0.25) is 0 Å². The number of hydrogen-bond acceptors (Lipinski definition) is 2. The van der Waals surface area contributed by atoms with E-state index < -0.39 is 0 Å². The summed E-state index contributed by atoms with van der Waals surface area (Å²) in [6.45, 7) is 0.543. The molecule has 3 nitrogen and oxygen atoms in total. The Labute approximate surface area is 81.0 Å². The molecule has 2 aromatic rings. The molecule has 0 amide bonds. The van der Waals surface area contributed by atoms with E-state index in [1.165, 1.54) is 6.07 Å². The predicted molar refractivity (Wildman–Crippen MR) is 52.3 cm³/mol. The van der Waals surface area contributed by atoms with E-state index in [4.69, 9.17) is 0 Å². The van der Waals surface area contributed by atoms with E-state index in [1.54, 1.807) is 30.7 Å². The maximum atomic E-state index is 13.1. The van der Waals surface area contributed by atoms with Crippen LogP contribution in [0.25, 0.3) is 0 Å². The van der Waals surface area contributed by atoms with Crippen LogP contribution < -0.4 is 5.32 Å². The first-order valence-corrected chi connectivity index (χ1v) is 4.32. The van der Waals surface area contributed by atoms with E-state index in [0.717, 1.165) is 5.69 Å². The second kappa shape index (κ2) is 3.91. The highest BCUT2D eigenvalue weighted by Gasteiger charge is 1.99. The number of rotatable bonds is 3. The summed E-state index contributed by atoms with van der Waals surface area (Å²) in [6.07, 6.45) is 3.30.